The average molecular weight is 375 g/mol. The Kier molecular flexibility index (Phi) is 4.56. The third-order valence-electron chi connectivity index (χ3n) is 4.04. The van der Waals surface area contributed by atoms with Crippen molar-refractivity contribution in [1.29, 1.82) is 0 Å². The maximum Gasteiger partial charge on any atom is 0.291 e. The van der Waals surface area contributed by atoms with E-state index in [4.69, 9.17) is 4.74 Å². The first kappa shape index (κ1) is 17.2. The van der Waals surface area contributed by atoms with Crippen LogP contribution in [0.4, 0.5) is 0 Å². The van der Waals surface area contributed by atoms with Crippen molar-refractivity contribution in [2.45, 2.75) is 6.92 Å². The lowest BCUT2D eigenvalue weighted by Gasteiger charge is -2.02. The Morgan fingerprint density at radius 1 is 1.15 bits per heavy atom. The molecule has 0 spiro atoms. The summed E-state index contributed by atoms with van der Waals surface area (Å²) in [6, 6.07) is 15.5. The molecule has 27 heavy (non-hydrogen) atoms. The lowest BCUT2D eigenvalue weighted by molar-refractivity contribution is 0.363. The van der Waals surface area contributed by atoms with Gasteiger partial charge in [0.15, 0.2) is 5.82 Å². The van der Waals surface area contributed by atoms with Crippen LogP contribution < -0.4 is 14.8 Å². The minimum Gasteiger partial charge on any atom is -0.490 e. The van der Waals surface area contributed by atoms with Crippen LogP contribution in [0.1, 0.15) is 11.1 Å². The standard InChI is InChI=1S/C21H17N3O2S/c1-3-12-26-17-10-6-15(7-11-17)13-18-20(25)24-21(27-18)22-19(23-24)16-8-4-14(2)5-9-16/h3-11,13H,1,12H2,2H3. The van der Waals surface area contributed by atoms with Gasteiger partial charge in [0.2, 0.25) is 4.96 Å². The summed E-state index contributed by atoms with van der Waals surface area (Å²) in [5, 5.41) is 4.38. The molecule has 0 bridgehead atoms. The maximum absolute atomic E-state index is 12.6. The number of rotatable bonds is 5. The van der Waals surface area contributed by atoms with Crippen LogP contribution in [0.25, 0.3) is 22.4 Å². The topological polar surface area (TPSA) is 56.5 Å². The van der Waals surface area contributed by atoms with Gasteiger partial charge in [-0.1, -0.05) is 66.0 Å². The van der Waals surface area contributed by atoms with Crippen LogP contribution in [-0.2, 0) is 0 Å². The fraction of sp³-hybridized carbons (Fsp3) is 0.0952. The molecule has 0 radical (unpaired) electrons. The summed E-state index contributed by atoms with van der Waals surface area (Å²) >= 11 is 1.33. The van der Waals surface area contributed by atoms with Gasteiger partial charge in [-0.2, -0.15) is 9.50 Å². The highest BCUT2D eigenvalue weighted by Gasteiger charge is 2.11. The van der Waals surface area contributed by atoms with Gasteiger partial charge in [-0.25, -0.2) is 0 Å². The van der Waals surface area contributed by atoms with Crippen LogP contribution in [-0.4, -0.2) is 21.2 Å². The van der Waals surface area contributed by atoms with E-state index in [0.29, 0.717) is 21.9 Å². The molecule has 0 fully saturated rings. The SMILES string of the molecule is C=CCOc1ccc(C=c2sc3nc(-c4ccc(C)cc4)nn3c2=O)cc1. The molecule has 0 aliphatic carbocycles. The van der Waals surface area contributed by atoms with Gasteiger partial charge in [0.1, 0.15) is 12.4 Å². The molecule has 2 heterocycles. The van der Waals surface area contributed by atoms with E-state index in [2.05, 4.69) is 16.7 Å². The highest BCUT2D eigenvalue weighted by atomic mass is 32.1. The zero-order valence-electron chi connectivity index (χ0n) is 14.8. The first-order valence-corrected chi connectivity index (χ1v) is 9.28. The molecule has 0 N–H and O–H groups in total. The van der Waals surface area contributed by atoms with Gasteiger partial charge in [0.25, 0.3) is 5.56 Å². The molecule has 5 nitrogen and oxygen atoms in total. The Morgan fingerprint density at radius 2 is 1.89 bits per heavy atom. The summed E-state index contributed by atoms with van der Waals surface area (Å²) in [5.41, 5.74) is 2.83. The lowest BCUT2D eigenvalue weighted by Crippen LogP contribution is -2.23. The number of nitrogens with zero attached hydrogens (tertiary/aromatic N) is 3. The van der Waals surface area contributed by atoms with E-state index in [0.717, 1.165) is 16.9 Å². The summed E-state index contributed by atoms with van der Waals surface area (Å²) in [4.78, 5) is 17.7. The fourth-order valence-corrected chi connectivity index (χ4v) is 3.53. The Hall–Kier alpha value is -3.25. The third kappa shape index (κ3) is 3.52. The smallest absolute Gasteiger partial charge is 0.291 e. The van der Waals surface area contributed by atoms with Gasteiger partial charge < -0.3 is 4.74 Å². The van der Waals surface area contributed by atoms with Crippen LogP contribution in [0.5, 0.6) is 5.75 Å². The first-order chi connectivity index (χ1) is 13.1. The molecule has 0 unspecified atom stereocenters. The van der Waals surface area contributed by atoms with Gasteiger partial charge in [0.05, 0.1) is 4.53 Å². The van der Waals surface area contributed by atoms with Gasteiger partial charge in [-0.05, 0) is 30.7 Å². The summed E-state index contributed by atoms with van der Waals surface area (Å²) in [7, 11) is 0. The molecular weight excluding hydrogens is 358 g/mol. The van der Waals surface area contributed by atoms with Crippen LogP contribution in [0, 0.1) is 6.92 Å². The second kappa shape index (κ2) is 7.17. The number of ether oxygens (including phenoxy) is 1. The van der Waals surface area contributed by atoms with Crippen molar-refractivity contribution in [2.24, 2.45) is 0 Å². The number of hydrogen-bond donors (Lipinski definition) is 0. The fourth-order valence-electron chi connectivity index (χ4n) is 2.63. The monoisotopic (exact) mass is 375 g/mol. The zero-order chi connectivity index (χ0) is 18.8. The van der Waals surface area contributed by atoms with Crippen molar-refractivity contribution in [2.75, 3.05) is 6.61 Å². The van der Waals surface area contributed by atoms with Crippen molar-refractivity contribution in [3.05, 3.63) is 87.2 Å². The van der Waals surface area contributed by atoms with Crippen molar-refractivity contribution in [3.63, 3.8) is 0 Å². The van der Waals surface area contributed by atoms with E-state index in [9.17, 15) is 4.79 Å². The molecule has 6 heteroatoms. The van der Waals surface area contributed by atoms with E-state index in [1.807, 2.05) is 61.5 Å². The molecule has 0 saturated carbocycles. The van der Waals surface area contributed by atoms with Crippen LogP contribution >= 0.6 is 11.3 Å². The van der Waals surface area contributed by atoms with Crippen molar-refractivity contribution < 1.29 is 4.74 Å². The Bertz CT molecular complexity index is 1210. The molecule has 134 valence electrons. The first-order valence-electron chi connectivity index (χ1n) is 8.46. The van der Waals surface area contributed by atoms with Gasteiger partial charge in [0, 0.05) is 5.56 Å². The number of hydrogen-bond acceptors (Lipinski definition) is 5. The molecule has 0 atom stereocenters. The molecular formula is C21H17N3O2S. The average Bonchev–Trinajstić information content (AvgIpc) is 3.22. The Morgan fingerprint density at radius 3 is 2.56 bits per heavy atom. The molecule has 2 aromatic heterocycles. The number of aryl methyl sites for hydroxylation is 1. The van der Waals surface area contributed by atoms with Crippen LogP contribution in [0.15, 0.2) is 66.0 Å². The minimum absolute atomic E-state index is 0.159. The number of benzene rings is 2. The summed E-state index contributed by atoms with van der Waals surface area (Å²) in [6.45, 7) is 6.11. The normalized spacial score (nSPS) is 11.8. The second-order valence-electron chi connectivity index (χ2n) is 6.08. The molecule has 4 rings (SSSR count). The zero-order valence-corrected chi connectivity index (χ0v) is 15.6. The highest BCUT2D eigenvalue weighted by Crippen LogP contribution is 2.17. The van der Waals surface area contributed by atoms with Crippen molar-refractivity contribution in [3.8, 4) is 17.1 Å². The summed E-state index contributed by atoms with van der Waals surface area (Å²) in [5.74, 6) is 1.33. The molecule has 2 aromatic carbocycles. The van der Waals surface area contributed by atoms with E-state index in [-0.39, 0.29) is 5.56 Å². The molecule has 0 aliphatic heterocycles. The minimum atomic E-state index is -0.159. The van der Waals surface area contributed by atoms with Crippen LogP contribution in [0.2, 0.25) is 0 Å². The van der Waals surface area contributed by atoms with E-state index in [1.165, 1.54) is 21.4 Å². The second-order valence-corrected chi connectivity index (χ2v) is 7.09. The number of fused-ring (bicyclic) bond motifs is 1. The third-order valence-corrected chi connectivity index (χ3v) is 5.00. The predicted molar refractivity (Wildman–Crippen MR) is 108 cm³/mol. The van der Waals surface area contributed by atoms with Gasteiger partial charge in [-0.15, -0.1) is 5.10 Å². The molecule has 0 amide bonds. The van der Waals surface area contributed by atoms with Crippen molar-refractivity contribution in [1.82, 2.24) is 14.6 Å². The lowest BCUT2D eigenvalue weighted by atomic mass is 10.1. The molecule has 0 saturated heterocycles. The largest absolute Gasteiger partial charge is 0.490 e. The molecule has 4 aromatic rings. The predicted octanol–water partition coefficient (Wildman–Crippen LogP) is 3.24. The van der Waals surface area contributed by atoms with Gasteiger partial charge >= 0.3 is 0 Å². The van der Waals surface area contributed by atoms with E-state index >= 15 is 0 Å². The van der Waals surface area contributed by atoms with Gasteiger partial charge in [-0.3, -0.25) is 4.79 Å². The number of aromatic nitrogens is 3. The van der Waals surface area contributed by atoms with E-state index in [1.54, 1.807) is 6.08 Å². The number of thiazole rings is 1. The maximum atomic E-state index is 12.6. The Labute approximate surface area is 159 Å². The summed E-state index contributed by atoms with van der Waals surface area (Å²) < 4.78 is 7.43. The molecule has 0 aliphatic rings. The highest BCUT2D eigenvalue weighted by molar-refractivity contribution is 7.15. The quantitative estimate of drug-likeness (QED) is 0.503. The Balaban J connectivity index is 1.67. The summed E-state index contributed by atoms with van der Waals surface area (Å²) in [6.07, 6.45) is 3.54. The van der Waals surface area contributed by atoms with E-state index < -0.39 is 0 Å². The van der Waals surface area contributed by atoms with Crippen LogP contribution in [0.3, 0.4) is 0 Å². The van der Waals surface area contributed by atoms with Crippen molar-refractivity contribution >= 4 is 22.4 Å².